The summed E-state index contributed by atoms with van der Waals surface area (Å²) in [6.45, 7) is 4.24. The zero-order chi connectivity index (χ0) is 24.2. The number of ketones is 1. The molecule has 174 valence electrons. The van der Waals surface area contributed by atoms with E-state index in [2.05, 4.69) is 33.4 Å². The topological polar surface area (TPSA) is 81.9 Å². The van der Waals surface area contributed by atoms with E-state index in [4.69, 9.17) is 4.98 Å². The van der Waals surface area contributed by atoms with Crippen molar-refractivity contribution in [2.45, 2.75) is 13.0 Å². The lowest BCUT2D eigenvalue weighted by atomic mass is 9.97. The largest absolute Gasteiger partial charge is 0.353 e. The average molecular weight is 462 g/mol. The monoisotopic (exact) mass is 461 g/mol. The molecule has 0 spiro atoms. The van der Waals surface area contributed by atoms with Gasteiger partial charge in [0.25, 0.3) is 0 Å². The van der Waals surface area contributed by atoms with Crippen molar-refractivity contribution >= 4 is 11.6 Å². The highest BCUT2D eigenvalue weighted by Gasteiger charge is 2.23. The van der Waals surface area contributed by atoms with Crippen molar-refractivity contribution in [2.24, 2.45) is 0 Å². The lowest BCUT2D eigenvalue weighted by molar-refractivity contribution is 0.103. The second kappa shape index (κ2) is 9.88. The fraction of sp³-hybridized carbons (Fsp3) is 0.172. The summed E-state index contributed by atoms with van der Waals surface area (Å²) in [5, 5.41) is 13.0. The van der Waals surface area contributed by atoms with Gasteiger partial charge in [-0.1, -0.05) is 54.6 Å². The van der Waals surface area contributed by atoms with Crippen LogP contribution in [-0.4, -0.2) is 35.4 Å². The fourth-order valence-corrected chi connectivity index (χ4v) is 4.47. The van der Waals surface area contributed by atoms with Crippen LogP contribution in [0.2, 0.25) is 0 Å². The third-order valence-corrected chi connectivity index (χ3v) is 6.36. The first kappa shape index (κ1) is 22.5. The zero-order valence-corrected chi connectivity index (χ0v) is 19.5. The average Bonchev–Trinajstić information content (AvgIpc) is 2.93. The van der Waals surface area contributed by atoms with Crippen LogP contribution in [-0.2, 0) is 0 Å². The normalized spacial score (nSPS) is 15.4. The summed E-state index contributed by atoms with van der Waals surface area (Å²) >= 11 is 0. The highest BCUT2D eigenvalue weighted by Crippen LogP contribution is 2.26. The molecule has 1 saturated heterocycles. The first-order chi connectivity index (χ1) is 17.1. The van der Waals surface area contributed by atoms with Gasteiger partial charge in [0.15, 0.2) is 0 Å². The number of carbonyl (C=O) groups excluding carboxylic acids is 1. The van der Waals surface area contributed by atoms with Crippen LogP contribution >= 0.6 is 0 Å². The third kappa shape index (κ3) is 4.68. The van der Waals surface area contributed by atoms with Crippen molar-refractivity contribution in [3.63, 3.8) is 0 Å². The van der Waals surface area contributed by atoms with Crippen molar-refractivity contribution in [2.75, 3.05) is 24.5 Å². The van der Waals surface area contributed by atoms with Gasteiger partial charge >= 0.3 is 0 Å². The zero-order valence-electron chi connectivity index (χ0n) is 19.5. The van der Waals surface area contributed by atoms with Crippen molar-refractivity contribution in [1.82, 2.24) is 15.3 Å². The third-order valence-electron chi connectivity index (χ3n) is 6.36. The highest BCUT2D eigenvalue weighted by molar-refractivity contribution is 6.09. The molecule has 1 unspecified atom stereocenters. The van der Waals surface area contributed by atoms with E-state index in [0.717, 1.165) is 36.6 Å². The van der Waals surface area contributed by atoms with Crippen LogP contribution in [0.4, 0.5) is 5.82 Å². The molecule has 2 aromatic carbocycles. The molecule has 0 bridgehead atoms. The first-order valence-corrected chi connectivity index (χ1v) is 11.7. The predicted molar refractivity (Wildman–Crippen MR) is 138 cm³/mol. The molecule has 0 saturated carbocycles. The number of hydrogen-bond donors (Lipinski definition) is 1. The molecule has 1 N–H and O–H groups in total. The van der Waals surface area contributed by atoms with E-state index in [9.17, 15) is 10.1 Å². The van der Waals surface area contributed by atoms with Gasteiger partial charge in [-0.05, 0) is 36.8 Å². The molecule has 6 heteroatoms. The maximum Gasteiger partial charge on any atom is 0.213 e. The fourth-order valence-electron chi connectivity index (χ4n) is 4.47. The molecule has 4 aromatic rings. The second-order valence-electron chi connectivity index (χ2n) is 8.59. The quantitative estimate of drug-likeness (QED) is 0.424. The SMILES string of the molecule is Cc1ncc(-c2ccccc2C#N)cc1C(=O)c1cccc(N2CCNC(c3ccccc3)C2)n1.[HH]. The molecular weight excluding hydrogens is 434 g/mol. The van der Waals surface area contributed by atoms with Gasteiger partial charge in [-0.2, -0.15) is 5.26 Å². The molecule has 2 aromatic heterocycles. The smallest absolute Gasteiger partial charge is 0.213 e. The minimum Gasteiger partial charge on any atom is -0.353 e. The number of aromatic nitrogens is 2. The van der Waals surface area contributed by atoms with Gasteiger partial charge in [0.2, 0.25) is 5.78 Å². The summed E-state index contributed by atoms with van der Waals surface area (Å²) in [4.78, 5) is 24.9. The van der Waals surface area contributed by atoms with E-state index in [1.165, 1.54) is 5.56 Å². The maximum atomic E-state index is 13.5. The van der Waals surface area contributed by atoms with Crippen LogP contribution in [0.25, 0.3) is 11.1 Å². The molecule has 3 heterocycles. The highest BCUT2D eigenvalue weighted by atomic mass is 16.1. The number of benzene rings is 2. The van der Waals surface area contributed by atoms with Gasteiger partial charge in [0.1, 0.15) is 11.5 Å². The summed E-state index contributed by atoms with van der Waals surface area (Å²) in [5.74, 6) is 0.609. The van der Waals surface area contributed by atoms with Crippen LogP contribution in [0.1, 0.15) is 40.3 Å². The summed E-state index contributed by atoms with van der Waals surface area (Å²) in [5.41, 5.74) is 4.78. The Morgan fingerprint density at radius 3 is 2.71 bits per heavy atom. The lowest BCUT2D eigenvalue weighted by Gasteiger charge is -2.35. The molecule has 0 radical (unpaired) electrons. The Hall–Kier alpha value is -4.34. The maximum absolute atomic E-state index is 13.5. The lowest BCUT2D eigenvalue weighted by Crippen LogP contribution is -2.46. The number of nitrogens with one attached hydrogen (secondary N) is 1. The van der Waals surface area contributed by atoms with Gasteiger partial charge in [0.05, 0.1) is 11.6 Å². The first-order valence-electron chi connectivity index (χ1n) is 11.7. The number of nitrogens with zero attached hydrogens (tertiary/aromatic N) is 4. The molecule has 0 amide bonds. The van der Waals surface area contributed by atoms with Crippen molar-refractivity contribution in [3.05, 3.63) is 113 Å². The predicted octanol–water partition coefficient (Wildman–Crippen LogP) is 4.95. The Balaban J connectivity index is 0.00000304. The molecule has 35 heavy (non-hydrogen) atoms. The Kier molecular flexibility index (Phi) is 6.34. The molecule has 1 aliphatic rings. The van der Waals surface area contributed by atoms with E-state index in [-0.39, 0.29) is 13.3 Å². The summed E-state index contributed by atoms with van der Waals surface area (Å²) < 4.78 is 0. The minimum atomic E-state index is -0.178. The van der Waals surface area contributed by atoms with Crippen LogP contribution < -0.4 is 10.2 Å². The number of piperazine rings is 1. The Labute approximate surface area is 206 Å². The minimum absolute atomic E-state index is 0. The molecular formula is C29H27N5O. The number of aryl methyl sites for hydroxylation is 1. The van der Waals surface area contributed by atoms with E-state index >= 15 is 0 Å². The van der Waals surface area contributed by atoms with Gasteiger partial charge < -0.3 is 10.2 Å². The molecule has 1 atom stereocenters. The molecule has 6 nitrogen and oxygen atoms in total. The van der Waals surface area contributed by atoms with Crippen molar-refractivity contribution in [1.29, 1.82) is 5.26 Å². The van der Waals surface area contributed by atoms with Crippen molar-refractivity contribution in [3.8, 4) is 17.2 Å². The number of pyridine rings is 2. The molecule has 5 rings (SSSR count). The number of anilines is 1. The van der Waals surface area contributed by atoms with Crippen LogP contribution in [0, 0.1) is 18.3 Å². The van der Waals surface area contributed by atoms with Gasteiger partial charge in [0, 0.05) is 55.7 Å². The Morgan fingerprint density at radius 2 is 1.89 bits per heavy atom. The number of hydrogen-bond acceptors (Lipinski definition) is 6. The van der Waals surface area contributed by atoms with Crippen LogP contribution in [0.3, 0.4) is 0 Å². The summed E-state index contributed by atoms with van der Waals surface area (Å²) in [6, 6.07) is 27.5. The number of rotatable bonds is 5. The summed E-state index contributed by atoms with van der Waals surface area (Å²) in [6.07, 6.45) is 1.70. The van der Waals surface area contributed by atoms with Gasteiger partial charge in [-0.3, -0.25) is 9.78 Å². The van der Waals surface area contributed by atoms with E-state index in [0.29, 0.717) is 22.5 Å². The van der Waals surface area contributed by atoms with E-state index in [1.54, 1.807) is 18.3 Å². The second-order valence-corrected chi connectivity index (χ2v) is 8.59. The Bertz CT molecular complexity index is 1420. The molecule has 1 fully saturated rings. The van der Waals surface area contributed by atoms with Crippen LogP contribution in [0.15, 0.2) is 85.1 Å². The standard InChI is InChI=1S/C29H25N5O.H2/c1-20-25(16-23(18-32-20)24-11-6-5-10-22(24)17-30)29(35)26-12-7-13-28(33-26)34-15-14-31-27(19-34)21-8-3-2-4-9-21;/h2-13,16,18,27,31H,14-15,19H2,1H3;1H. The summed E-state index contributed by atoms with van der Waals surface area (Å²) in [7, 11) is 0. The number of nitriles is 1. The van der Waals surface area contributed by atoms with Crippen molar-refractivity contribution < 1.29 is 6.22 Å². The van der Waals surface area contributed by atoms with E-state index < -0.39 is 0 Å². The van der Waals surface area contributed by atoms with Gasteiger partial charge in [-0.25, -0.2) is 4.98 Å². The van der Waals surface area contributed by atoms with Crippen LogP contribution in [0.5, 0.6) is 0 Å². The molecule has 0 aliphatic carbocycles. The number of carbonyl (C=O) groups is 1. The molecule has 1 aliphatic heterocycles. The Morgan fingerprint density at radius 1 is 1.09 bits per heavy atom. The van der Waals surface area contributed by atoms with E-state index in [1.807, 2.05) is 61.5 Å². The van der Waals surface area contributed by atoms with Gasteiger partial charge in [-0.15, -0.1) is 0 Å².